The van der Waals surface area contributed by atoms with Crippen LogP contribution in [0.1, 0.15) is 53.0 Å². The molecule has 32 heavy (non-hydrogen) atoms. The second-order valence-corrected chi connectivity index (χ2v) is 9.24. The summed E-state index contributed by atoms with van der Waals surface area (Å²) in [5.74, 6) is -1.84. The van der Waals surface area contributed by atoms with Gasteiger partial charge in [0.05, 0.1) is 35.5 Å². The Morgan fingerprint density at radius 2 is 1.66 bits per heavy atom. The average Bonchev–Trinajstić information content (AvgIpc) is 2.65. The third-order valence-electron chi connectivity index (χ3n) is 4.45. The van der Waals surface area contributed by atoms with Gasteiger partial charge in [0.2, 0.25) is 0 Å². The number of benzene rings is 1. The minimum absolute atomic E-state index is 0.0328. The Balaban J connectivity index is 2.70. The van der Waals surface area contributed by atoms with Crippen molar-refractivity contribution >= 4 is 13.8 Å². The van der Waals surface area contributed by atoms with Crippen LogP contribution < -0.4 is 9.84 Å². The number of phosphoric ester groups is 1. The average molecular weight is 468 g/mol. The lowest BCUT2D eigenvalue weighted by atomic mass is 9.83. The van der Waals surface area contributed by atoms with Crippen LogP contribution in [0.15, 0.2) is 46.9 Å². The van der Waals surface area contributed by atoms with Crippen molar-refractivity contribution in [3.63, 3.8) is 0 Å². The van der Waals surface area contributed by atoms with E-state index in [9.17, 15) is 19.5 Å². The minimum Gasteiger partial charge on any atom is -0.466 e. The summed E-state index contributed by atoms with van der Waals surface area (Å²) in [6, 6.07) is 6.31. The van der Waals surface area contributed by atoms with Crippen molar-refractivity contribution in [2.45, 2.75) is 59.7 Å². The molecule has 0 aliphatic carbocycles. The molecule has 176 valence electrons. The van der Waals surface area contributed by atoms with Crippen LogP contribution in [0.2, 0.25) is 0 Å². The zero-order valence-corrected chi connectivity index (χ0v) is 20.1. The van der Waals surface area contributed by atoms with Gasteiger partial charge in [-0.25, -0.2) is 9.36 Å². The zero-order chi connectivity index (χ0) is 24.2. The van der Waals surface area contributed by atoms with Gasteiger partial charge >= 0.3 is 13.8 Å². The van der Waals surface area contributed by atoms with Gasteiger partial charge in [-0.2, -0.15) is 0 Å². The molecule has 1 unspecified atom stereocenters. The van der Waals surface area contributed by atoms with Crippen LogP contribution in [0.3, 0.4) is 0 Å². The molecule has 0 bridgehead atoms. The maximum absolute atomic E-state index is 13.3. The number of methoxy groups -OCH3 is 1. The number of hydrogen-bond donors (Lipinski definition) is 1. The second kappa shape index (κ2) is 10.3. The Kier molecular flexibility index (Phi) is 8.23. The van der Waals surface area contributed by atoms with E-state index in [2.05, 4.69) is 5.32 Å². The quantitative estimate of drug-likeness (QED) is 0.238. The number of hydrogen-bond acceptors (Lipinski definition) is 9. The van der Waals surface area contributed by atoms with E-state index in [0.717, 1.165) is 0 Å². The van der Waals surface area contributed by atoms with E-state index in [0.29, 0.717) is 5.70 Å². The van der Waals surface area contributed by atoms with E-state index in [-0.39, 0.29) is 28.3 Å². The lowest BCUT2D eigenvalue weighted by molar-refractivity contribution is -0.431. The van der Waals surface area contributed by atoms with Crippen LogP contribution >= 0.6 is 7.82 Å². The summed E-state index contributed by atoms with van der Waals surface area (Å²) in [5.41, 5.74) is 0.709. The number of dihydropyridines is 1. The Labute approximate surface area is 187 Å². The van der Waals surface area contributed by atoms with Gasteiger partial charge in [-0.3, -0.25) is 19.2 Å². The van der Waals surface area contributed by atoms with Crippen LogP contribution in [0.4, 0.5) is 0 Å². The van der Waals surface area contributed by atoms with Crippen molar-refractivity contribution in [3.8, 4) is 5.75 Å². The van der Waals surface area contributed by atoms with Crippen molar-refractivity contribution in [2.75, 3.05) is 7.11 Å². The van der Waals surface area contributed by atoms with E-state index >= 15 is 0 Å². The van der Waals surface area contributed by atoms with Crippen molar-refractivity contribution in [1.29, 1.82) is 0 Å². The standard InChI is InChI=1S/C21H29N2O8P/c1-12(2)29-32(27,30-13(3)4)31-17-11-9-8-10-16(17)19-18(21(24)28-7)14(5)22-15(6)20(19)23(25)26/h8-13,19,22H,1-7H3. The maximum atomic E-state index is 13.3. The molecule has 1 atom stereocenters. The van der Waals surface area contributed by atoms with E-state index in [4.69, 9.17) is 18.3 Å². The van der Waals surface area contributed by atoms with Crippen molar-refractivity contribution in [1.82, 2.24) is 5.32 Å². The third-order valence-corrected chi connectivity index (χ3v) is 6.23. The first-order valence-corrected chi connectivity index (χ1v) is 11.5. The van der Waals surface area contributed by atoms with Gasteiger partial charge in [0.15, 0.2) is 0 Å². The van der Waals surface area contributed by atoms with Crippen molar-refractivity contribution in [3.05, 3.63) is 62.6 Å². The Bertz CT molecular complexity index is 985. The fourth-order valence-corrected chi connectivity index (χ4v) is 4.99. The molecule has 1 aliphatic rings. The number of esters is 1. The number of carbonyl (C=O) groups is 1. The highest BCUT2D eigenvalue weighted by atomic mass is 31.2. The highest BCUT2D eigenvalue weighted by Crippen LogP contribution is 2.54. The lowest BCUT2D eigenvalue weighted by Crippen LogP contribution is -2.31. The third kappa shape index (κ3) is 5.76. The summed E-state index contributed by atoms with van der Waals surface area (Å²) in [6.07, 6.45) is -0.954. The zero-order valence-electron chi connectivity index (χ0n) is 19.2. The molecular formula is C21H29N2O8P. The highest BCUT2D eigenvalue weighted by molar-refractivity contribution is 7.49. The summed E-state index contributed by atoms with van der Waals surface area (Å²) in [4.78, 5) is 24.0. The molecule has 2 rings (SSSR count). The van der Waals surface area contributed by atoms with Crippen molar-refractivity contribution in [2.24, 2.45) is 0 Å². The molecule has 10 nitrogen and oxygen atoms in total. The largest absolute Gasteiger partial charge is 0.530 e. The SMILES string of the molecule is COC(=O)C1=C(C)NC(C)=C([N+](=O)[O-])C1c1ccccc1OP(=O)(OC(C)C)OC(C)C. The molecule has 1 aromatic carbocycles. The van der Waals surface area contributed by atoms with Gasteiger partial charge in [-0.1, -0.05) is 18.2 Å². The van der Waals surface area contributed by atoms with E-state index in [1.165, 1.54) is 13.2 Å². The Hall–Kier alpha value is -2.68. The normalized spacial score (nSPS) is 17.0. The smallest absolute Gasteiger partial charge is 0.466 e. The molecule has 1 aromatic rings. The predicted octanol–water partition coefficient (Wildman–Crippen LogP) is 4.67. The van der Waals surface area contributed by atoms with E-state index in [1.807, 2.05) is 0 Å². The fraction of sp³-hybridized carbons (Fsp3) is 0.476. The van der Waals surface area contributed by atoms with Gasteiger partial charge in [-0.15, -0.1) is 0 Å². The Morgan fingerprint density at radius 3 is 2.16 bits per heavy atom. The topological polar surface area (TPSA) is 126 Å². The molecule has 0 amide bonds. The van der Waals surface area contributed by atoms with Crippen LogP contribution in [-0.2, 0) is 23.1 Å². The van der Waals surface area contributed by atoms with Gasteiger partial charge in [0.25, 0.3) is 5.70 Å². The molecule has 11 heteroatoms. The molecule has 0 spiro atoms. The first kappa shape index (κ1) is 25.6. The summed E-state index contributed by atoms with van der Waals surface area (Å²) < 4.78 is 34.9. The number of rotatable bonds is 9. The molecule has 1 aliphatic heterocycles. The van der Waals surface area contributed by atoms with Gasteiger partial charge in [-0.05, 0) is 47.6 Å². The molecule has 1 heterocycles. The first-order chi connectivity index (χ1) is 14.9. The number of para-hydroxylation sites is 1. The van der Waals surface area contributed by atoms with Crippen LogP contribution in [0.5, 0.6) is 5.75 Å². The summed E-state index contributed by atoms with van der Waals surface area (Å²) in [6.45, 7) is 9.87. The summed E-state index contributed by atoms with van der Waals surface area (Å²) >= 11 is 0. The molecule has 0 saturated heterocycles. The summed E-state index contributed by atoms with van der Waals surface area (Å²) in [7, 11) is -2.90. The van der Waals surface area contributed by atoms with Crippen LogP contribution in [0, 0.1) is 10.1 Å². The number of carbonyl (C=O) groups excluding carboxylic acids is 1. The van der Waals surface area contributed by atoms with Crippen LogP contribution in [0.25, 0.3) is 0 Å². The van der Waals surface area contributed by atoms with E-state index < -0.39 is 36.8 Å². The fourth-order valence-electron chi connectivity index (χ4n) is 3.42. The Morgan fingerprint density at radius 1 is 1.09 bits per heavy atom. The lowest BCUT2D eigenvalue weighted by Gasteiger charge is -2.28. The highest BCUT2D eigenvalue weighted by Gasteiger charge is 2.43. The monoisotopic (exact) mass is 468 g/mol. The molecule has 0 radical (unpaired) electrons. The molecule has 0 aromatic heterocycles. The first-order valence-electron chi connectivity index (χ1n) is 10.1. The number of nitrogens with one attached hydrogen (secondary N) is 1. The maximum Gasteiger partial charge on any atom is 0.530 e. The minimum atomic E-state index is -4.09. The van der Waals surface area contributed by atoms with Gasteiger partial charge in [0.1, 0.15) is 11.7 Å². The number of nitrogens with zero attached hydrogens (tertiary/aromatic N) is 1. The number of nitro groups is 1. The molecule has 1 N–H and O–H groups in total. The number of ether oxygens (including phenoxy) is 1. The number of allylic oxidation sites excluding steroid dienone is 3. The van der Waals surface area contributed by atoms with Crippen molar-refractivity contribution < 1.29 is 32.6 Å². The molecule has 0 saturated carbocycles. The van der Waals surface area contributed by atoms with E-state index in [1.54, 1.807) is 59.7 Å². The summed E-state index contributed by atoms with van der Waals surface area (Å²) in [5, 5.41) is 14.9. The molecule has 0 fully saturated rings. The number of phosphoric acid groups is 1. The van der Waals surface area contributed by atoms with Crippen LogP contribution in [-0.4, -0.2) is 30.2 Å². The van der Waals surface area contributed by atoms with Gasteiger partial charge < -0.3 is 14.6 Å². The predicted molar refractivity (Wildman–Crippen MR) is 117 cm³/mol. The van der Waals surface area contributed by atoms with Gasteiger partial charge in [0, 0.05) is 11.3 Å². The molecular weight excluding hydrogens is 439 g/mol. The second-order valence-electron chi connectivity index (χ2n) is 7.74.